The highest BCUT2D eigenvalue weighted by atomic mass is 19.3. The van der Waals surface area contributed by atoms with Gasteiger partial charge in [-0.05, 0) is 24.3 Å². The molecule has 2 aromatic rings. The largest absolute Gasteiger partial charge is 0.497 e. The molecule has 0 atom stereocenters. The van der Waals surface area contributed by atoms with Crippen LogP contribution < -0.4 is 24.8 Å². The molecule has 0 radical (unpaired) electrons. The standard InChI is InChI=1S/C20H26F2N4O4/c1-23-20(25-12-14-5-4-8-24-18(14)29-10-9-27-2)26-13-15-11-16(28-3)6-7-17(15)30-19(21)22/h4-8,11,19H,9-10,12-13H2,1-3H3,(H2,23,25,26). The Morgan fingerprint density at radius 1 is 1.10 bits per heavy atom. The summed E-state index contributed by atoms with van der Waals surface area (Å²) < 4.78 is 45.7. The number of rotatable bonds is 11. The number of aliphatic imine (C=N–C) groups is 1. The van der Waals surface area contributed by atoms with Crippen LogP contribution >= 0.6 is 0 Å². The number of hydrogen-bond donors (Lipinski definition) is 2. The van der Waals surface area contributed by atoms with Crippen LogP contribution in [0.5, 0.6) is 17.4 Å². The Balaban J connectivity index is 1.99. The first kappa shape index (κ1) is 23.1. The number of aromatic nitrogens is 1. The van der Waals surface area contributed by atoms with Gasteiger partial charge in [-0.25, -0.2) is 4.98 Å². The number of alkyl halides is 2. The average molecular weight is 424 g/mol. The molecule has 0 aliphatic rings. The summed E-state index contributed by atoms with van der Waals surface area (Å²) in [5.74, 6) is 1.56. The summed E-state index contributed by atoms with van der Waals surface area (Å²) in [6.07, 6.45) is 1.64. The van der Waals surface area contributed by atoms with Crippen LogP contribution in [0, 0.1) is 0 Å². The van der Waals surface area contributed by atoms with Gasteiger partial charge in [0.1, 0.15) is 18.1 Å². The minimum atomic E-state index is -2.92. The SMILES string of the molecule is CN=C(NCc1cc(OC)ccc1OC(F)F)NCc1cccnc1OCCOC. The van der Waals surface area contributed by atoms with E-state index in [0.717, 1.165) is 5.56 Å². The maximum Gasteiger partial charge on any atom is 0.387 e. The number of nitrogens with one attached hydrogen (secondary N) is 2. The third kappa shape index (κ3) is 7.36. The Morgan fingerprint density at radius 2 is 1.87 bits per heavy atom. The third-order valence-electron chi connectivity index (χ3n) is 3.98. The van der Waals surface area contributed by atoms with E-state index in [1.54, 1.807) is 38.6 Å². The lowest BCUT2D eigenvalue weighted by atomic mass is 10.2. The monoisotopic (exact) mass is 424 g/mol. The average Bonchev–Trinajstić information content (AvgIpc) is 2.75. The molecule has 0 bridgehead atoms. The minimum absolute atomic E-state index is 0.0647. The van der Waals surface area contributed by atoms with Crippen molar-refractivity contribution >= 4 is 5.96 Å². The van der Waals surface area contributed by atoms with Crippen molar-refractivity contribution in [1.29, 1.82) is 0 Å². The van der Waals surface area contributed by atoms with Gasteiger partial charge < -0.3 is 29.6 Å². The van der Waals surface area contributed by atoms with E-state index in [2.05, 4.69) is 25.3 Å². The van der Waals surface area contributed by atoms with Gasteiger partial charge in [0.25, 0.3) is 0 Å². The minimum Gasteiger partial charge on any atom is -0.497 e. The molecule has 2 rings (SSSR count). The van der Waals surface area contributed by atoms with Crippen molar-refractivity contribution in [3.63, 3.8) is 0 Å². The zero-order valence-electron chi connectivity index (χ0n) is 17.2. The van der Waals surface area contributed by atoms with Crippen LogP contribution in [0.1, 0.15) is 11.1 Å². The van der Waals surface area contributed by atoms with Crippen LogP contribution in [-0.4, -0.2) is 52.0 Å². The number of guanidine groups is 1. The maximum atomic E-state index is 12.7. The Labute approximate surface area is 174 Å². The maximum absolute atomic E-state index is 12.7. The molecule has 1 aromatic heterocycles. The smallest absolute Gasteiger partial charge is 0.387 e. The molecule has 1 heterocycles. The van der Waals surface area contributed by atoms with E-state index in [-0.39, 0.29) is 12.3 Å². The second-order valence-electron chi connectivity index (χ2n) is 5.94. The van der Waals surface area contributed by atoms with E-state index in [4.69, 9.17) is 14.2 Å². The molecule has 8 nitrogen and oxygen atoms in total. The molecule has 164 valence electrons. The van der Waals surface area contributed by atoms with Gasteiger partial charge in [0.15, 0.2) is 5.96 Å². The van der Waals surface area contributed by atoms with Crippen LogP contribution in [0.15, 0.2) is 41.5 Å². The van der Waals surface area contributed by atoms with Gasteiger partial charge in [0.2, 0.25) is 5.88 Å². The van der Waals surface area contributed by atoms with Crippen molar-refractivity contribution in [3.8, 4) is 17.4 Å². The topological polar surface area (TPSA) is 86.2 Å². The third-order valence-corrected chi connectivity index (χ3v) is 3.98. The highest BCUT2D eigenvalue weighted by Crippen LogP contribution is 2.25. The summed E-state index contributed by atoms with van der Waals surface area (Å²) in [7, 11) is 4.71. The zero-order chi connectivity index (χ0) is 21.8. The number of nitrogens with zero attached hydrogens (tertiary/aromatic N) is 2. The van der Waals surface area contributed by atoms with Gasteiger partial charge in [-0.3, -0.25) is 4.99 Å². The fourth-order valence-electron chi connectivity index (χ4n) is 2.52. The molecule has 0 saturated heterocycles. The van der Waals surface area contributed by atoms with Crippen molar-refractivity contribution in [3.05, 3.63) is 47.7 Å². The van der Waals surface area contributed by atoms with Gasteiger partial charge in [-0.15, -0.1) is 0 Å². The van der Waals surface area contributed by atoms with Crippen molar-refractivity contribution in [2.24, 2.45) is 4.99 Å². The second-order valence-corrected chi connectivity index (χ2v) is 5.94. The lowest BCUT2D eigenvalue weighted by molar-refractivity contribution is -0.0505. The molecule has 1 aromatic carbocycles. The van der Waals surface area contributed by atoms with Gasteiger partial charge in [0, 0.05) is 44.6 Å². The number of halogens is 2. The van der Waals surface area contributed by atoms with Crippen LogP contribution in [0.4, 0.5) is 8.78 Å². The Bertz CT molecular complexity index is 821. The van der Waals surface area contributed by atoms with Crippen molar-refractivity contribution < 1.29 is 27.7 Å². The first-order valence-electron chi connectivity index (χ1n) is 9.19. The van der Waals surface area contributed by atoms with Crippen molar-refractivity contribution in [2.75, 3.05) is 34.5 Å². The molecule has 0 aliphatic heterocycles. The van der Waals surface area contributed by atoms with Crippen LogP contribution in [0.2, 0.25) is 0 Å². The van der Waals surface area contributed by atoms with Gasteiger partial charge in [0.05, 0.1) is 13.7 Å². The fourth-order valence-corrected chi connectivity index (χ4v) is 2.52. The highest BCUT2D eigenvalue weighted by Gasteiger charge is 2.12. The molecule has 2 N–H and O–H groups in total. The van der Waals surface area contributed by atoms with Gasteiger partial charge in [-0.2, -0.15) is 8.78 Å². The van der Waals surface area contributed by atoms with Crippen LogP contribution in [0.25, 0.3) is 0 Å². The number of pyridine rings is 1. The Hall–Kier alpha value is -3.14. The van der Waals surface area contributed by atoms with Crippen molar-refractivity contribution in [1.82, 2.24) is 15.6 Å². The molecule has 10 heteroatoms. The summed E-state index contributed by atoms with van der Waals surface area (Å²) in [5, 5.41) is 6.21. The summed E-state index contributed by atoms with van der Waals surface area (Å²) in [6.45, 7) is -1.49. The summed E-state index contributed by atoms with van der Waals surface area (Å²) >= 11 is 0. The molecular formula is C20H26F2N4O4. The molecule has 0 fully saturated rings. The molecule has 0 saturated carbocycles. The van der Waals surface area contributed by atoms with E-state index >= 15 is 0 Å². The number of hydrogen-bond acceptors (Lipinski definition) is 6. The van der Waals surface area contributed by atoms with Gasteiger partial charge >= 0.3 is 6.61 Å². The Kier molecular flexibility index (Phi) is 9.59. The lowest BCUT2D eigenvalue weighted by Gasteiger charge is -2.16. The van der Waals surface area contributed by atoms with E-state index < -0.39 is 6.61 Å². The second kappa shape index (κ2) is 12.4. The van der Waals surface area contributed by atoms with E-state index in [1.807, 2.05) is 6.07 Å². The molecule has 0 spiro atoms. The quantitative estimate of drug-likeness (QED) is 0.326. The number of benzene rings is 1. The normalized spacial score (nSPS) is 11.3. The number of methoxy groups -OCH3 is 2. The lowest BCUT2D eigenvalue weighted by Crippen LogP contribution is -2.36. The molecular weight excluding hydrogens is 398 g/mol. The number of ether oxygens (including phenoxy) is 4. The molecule has 0 aliphatic carbocycles. The summed E-state index contributed by atoms with van der Waals surface area (Å²) in [6, 6.07) is 8.31. The van der Waals surface area contributed by atoms with E-state index in [1.165, 1.54) is 13.2 Å². The summed E-state index contributed by atoms with van der Waals surface area (Å²) in [4.78, 5) is 8.38. The fraction of sp³-hybridized carbons (Fsp3) is 0.400. The summed E-state index contributed by atoms with van der Waals surface area (Å²) in [5.41, 5.74) is 1.34. The Morgan fingerprint density at radius 3 is 2.53 bits per heavy atom. The first-order chi connectivity index (χ1) is 14.6. The molecule has 0 amide bonds. The van der Waals surface area contributed by atoms with Gasteiger partial charge in [-0.1, -0.05) is 6.07 Å². The molecule has 30 heavy (non-hydrogen) atoms. The predicted molar refractivity (Wildman–Crippen MR) is 108 cm³/mol. The van der Waals surface area contributed by atoms with Crippen LogP contribution in [-0.2, 0) is 17.8 Å². The van der Waals surface area contributed by atoms with E-state index in [0.29, 0.717) is 42.9 Å². The predicted octanol–water partition coefficient (Wildman–Crippen LogP) is 2.58. The first-order valence-corrected chi connectivity index (χ1v) is 9.19. The van der Waals surface area contributed by atoms with Crippen LogP contribution in [0.3, 0.4) is 0 Å². The van der Waals surface area contributed by atoms with Crippen molar-refractivity contribution in [2.45, 2.75) is 19.7 Å². The highest BCUT2D eigenvalue weighted by molar-refractivity contribution is 5.79. The zero-order valence-corrected chi connectivity index (χ0v) is 17.2. The van der Waals surface area contributed by atoms with E-state index in [9.17, 15) is 8.78 Å². The molecule has 0 unspecified atom stereocenters.